The van der Waals surface area contributed by atoms with Gasteiger partial charge in [-0.2, -0.15) is 0 Å². The number of nitrogens with one attached hydrogen (secondary N) is 2. The maximum atomic E-state index is 3.63. The molecule has 0 aliphatic carbocycles. The summed E-state index contributed by atoms with van der Waals surface area (Å²) in [5.74, 6) is 0. The van der Waals surface area contributed by atoms with E-state index in [-0.39, 0.29) is 0 Å². The first-order chi connectivity index (χ1) is 12.7. The van der Waals surface area contributed by atoms with Crippen molar-refractivity contribution in [3.05, 3.63) is 89.5 Å². The summed E-state index contributed by atoms with van der Waals surface area (Å²) in [6.07, 6.45) is 1.02. The van der Waals surface area contributed by atoms with E-state index >= 15 is 0 Å². The Hall–Kier alpha value is -3.00. The molecule has 0 bridgehead atoms. The van der Waals surface area contributed by atoms with Gasteiger partial charge in [0, 0.05) is 34.4 Å². The number of H-pyrrole nitrogens is 1. The van der Waals surface area contributed by atoms with Crippen LogP contribution in [0.5, 0.6) is 0 Å². The Bertz CT molecular complexity index is 993. The summed E-state index contributed by atoms with van der Waals surface area (Å²) in [5, 5.41) is 4.88. The fourth-order valence-corrected chi connectivity index (χ4v) is 3.35. The highest BCUT2D eigenvalue weighted by atomic mass is 14.9. The van der Waals surface area contributed by atoms with Gasteiger partial charge in [-0.15, -0.1) is 0 Å². The van der Waals surface area contributed by atoms with Gasteiger partial charge in [0.05, 0.1) is 0 Å². The predicted molar refractivity (Wildman–Crippen MR) is 112 cm³/mol. The Morgan fingerprint density at radius 3 is 2.46 bits per heavy atom. The van der Waals surface area contributed by atoms with Crippen LogP contribution in [0.25, 0.3) is 22.2 Å². The summed E-state index contributed by atoms with van der Waals surface area (Å²) >= 11 is 0. The second kappa shape index (κ2) is 7.09. The van der Waals surface area contributed by atoms with Crippen molar-refractivity contribution < 1.29 is 0 Å². The SMILES string of the molecule is CCc1ccc(-c2cc3ccccc3[nH]2)cc1NCc1ccc(C)cc1. The lowest BCUT2D eigenvalue weighted by molar-refractivity contribution is 1.09. The minimum atomic E-state index is 0.837. The van der Waals surface area contributed by atoms with Crippen molar-refractivity contribution in [3.63, 3.8) is 0 Å². The van der Waals surface area contributed by atoms with Crippen molar-refractivity contribution in [2.24, 2.45) is 0 Å². The summed E-state index contributed by atoms with van der Waals surface area (Å²) in [7, 11) is 0. The van der Waals surface area contributed by atoms with Crippen LogP contribution in [0, 0.1) is 6.92 Å². The molecule has 2 nitrogen and oxygen atoms in total. The second-order valence-corrected chi connectivity index (χ2v) is 6.83. The molecular weight excluding hydrogens is 316 g/mol. The van der Waals surface area contributed by atoms with Crippen molar-refractivity contribution in [1.82, 2.24) is 4.98 Å². The highest BCUT2D eigenvalue weighted by molar-refractivity contribution is 5.86. The number of anilines is 1. The van der Waals surface area contributed by atoms with Crippen molar-refractivity contribution in [3.8, 4) is 11.3 Å². The maximum Gasteiger partial charge on any atom is 0.0465 e. The molecule has 4 aromatic rings. The molecule has 26 heavy (non-hydrogen) atoms. The van der Waals surface area contributed by atoms with E-state index in [0.29, 0.717) is 0 Å². The van der Waals surface area contributed by atoms with E-state index in [1.807, 2.05) is 0 Å². The van der Waals surface area contributed by atoms with Gasteiger partial charge in [-0.25, -0.2) is 0 Å². The molecule has 0 saturated heterocycles. The maximum absolute atomic E-state index is 3.63. The number of fused-ring (bicyclic) bond motifs is 1. The van der Waals surface area contributed by atoms with Gasteiger partial charge in [0.1, 0.15) is 0 Å². The average Bonchev–Trinajstić information content (AvgIpc) is 3.11. The molecule has 2 N–H and O–H groups in total. The Kier molecular flexibility index (Phi) is 4.49. The highest BCUT2D eigenvalue weighted by Crippen LogP contribution is 2.28. The van der Waals surface area contributed by atoms with Gasteiger partial charge in [0.2, 0.25) is 0 Å². The Labute approximate surface area is 154 Å². The molecule has 0 amide bonds. The number of rotatable bonds is 5. The van der Waals surface area contributed by atoms with Crippen LogP contribution < -0.4 is 5.32 Å². The molecular formula is C24H24N2. The zero-order valence-corrected chi connectivity index (χ0v) is 15.3. The fraction of sp³-hybridized carbons (Fsp3) is 0.167. The standard InChI is InChI=1S/C24H24N2/c1-3-19-12-13-21(24-15-20-6-4-5-7-22(20)26-24)14-23(19)25-16-18-10-8-17(2)9-11-18/h4-15,25-26H,3,16H2,1-2H3. The van der Waals surface area contributed by atoms with Crippen molar-refractivity contribution in [2.75, 3.05) is 5.32 Å². The smallest absolute Gasteiger partial charge is 0.0465 e. The van der Waals surface area contributed by atoms with Gasteiger partial charge in [-0.3, -0.25) is 0 Å². The molecule has 3 aromatic carbocycles. The lowest BCUT2D eigenvalue weighted by Gasteiger charge is -2.13. The van der Waals surface area contributed by atoms with E-state index in [1.165, 1.54) is 38.8 Å². The zero-order chi connectivity index (χ0) is 17.9. The lowest BCUT2D eigenvalue weighted by atomic mass is 10.0. The van der Waals surface area contributed by atoms with Gasteiger partial charge >= 0.3 is 0 Å². The van der Waals surface area contributed by atoms with E-state index in [1.54, 1.807) is 0 Å². The van der Waals surface area contributed by atoms with Crippen LogP contribution in [0.15, 0.2) is 72.8 Å². The first-order valence-corrected chi connectivity index (χ1v) is 9.23. The Morgan fingerprint density at radius 1 is 0.885 bits per heavy atom. The normalized spacial score (nSPS) is 11.0. The number of hydrogen-bond donors (Lipinski definition) is 2. The van der Waals surface area contributed by atoms with E-state index < -0.39 is 0 Å². The molecule has 0 spiro atoms. The molecule has 0 fully saturated rings. The van der Waals surface area contributed by atoms with Gasteiger partial charge < -0.3 is 10.3 Å². The monoisotopic (exact) mass is 340 g/mol. The summed E-state index contributed by atoms with van der Waals surface area (Å²) in [6, 6.07) is 26.0. The third kappa shape index (κ3) is 3.36. The van der Waals surface area contributed by atoms with Crippen LogP contribution >= 0.6 is 0 Å². The molecule has 130 valence electrons. The first kappa shape index (κ1) is 16.5. The van der Waals surface area contributed by atoms with E-state index in [2.05, 4.69) is 96.9 Å². The number of benzene rings is 3. The molecule has 2 heteroatoms. The summed E-state index contributed by atoms with van der Waals surface area (Å²) in [4.78, 5) is 3.53. The van der Waals surface area contributed by atoms with Crippen molar-refractivity contribution in [2.45, 2.75) is 26.8 Å². The van der Waals surface area contributed by atoms with Crippen molar-refractivity contribution >= 4 is 16.6 Å². The van der Waals surface area contributed by atoms with Crippen LogP contribution in [0.4, 0.5) is 5.69 Å². The van der Waals surface area contributed by atoms with E-state index in [9.17, 15) is 0 Å². The van der Waals surface area contributed by atoms with Gasteiger partial charge in [-0.05, 0) is 42.7 Å². The van der Waals surface area contributed by atoms with Crippen LogP contribution in [0.1, 0.15) is 23.6 Å². The third-order valence-electron chi connectivity index (χ3n) is 4.94. The number of para-hydroxylation sites is 1. The molecule has 0 unspecified atom stereocenters. The number of hydrogen-bond acceptors (Lipinski definition) is 1. The molecule has 0 aliphatic heterocycles. The molecule has 0 radical (unpaired) electrons. The predicted octanol–water partition coefficient (Wildman–Crippen LogP) is 6.32. The molecule has 1 heterocycles. The number of aryl methyl sites for hydroxylation is 2. The fourth-order valence-electron chi connectivity index (χ4n) is 3.35. The Morgan fingerprint density at radius 2 is 1.69 bits per heavy atom. The zero-order valence-electron chi connectivity index (χ0n) is 15.3. The van der Waals surface area contributed by atoms with Crippen molar-refractivity contribution in [1.29, 1.82) is 0 Å². The number of aromatic amines is 1. The molecule has 0 atom stereocenters. The topological polar surface area (TPSA) is 27.8 Å². The van der Waals surface area contributed by atoms with E-state index in [4.69, 9.17) is 0 Å². The van der Waals surface area contributed by atoms with Gasteiger partial charge in [0.25, 0.3) is 0 Å². The lowest BCUT2D eigenvalue weighted by Crippen LogP contribution is -2.02. The quantitative estimate of drug-likeness (QED) is 0.437. The van der Waals surface area contributed by atoms with Crippen LogP contribution in [0.3, 0.4) is 0 Å². The molecule has 0 saturated carbocycles. The molecule has 4 rings (SSSR count). The highest BCUT2D eigenvalue weighted by Gasteiger charge is 2.07. The Balaban J connectivity index is 1.63. The molecule has 0 aliphatic rings. The van der Waals surface area contributed by atoms with Gasteiger partial charge in [0.15, 0.2) is 0 Å². The van der Waals surface area contributed by atoms with Crippen LogP contribution in [-0.2, 0) is 13.0 Å². The third-order valence-corrected chi connectivity index (χ3v) is 4.94. The minimum absolute atomic E-state index is 0.837. The largest absolute Gasteiger partial charge is 0.381 e. The second-order valence-electron chi connectivity index (χ2n) is 6.83. The number of aromatic nitrogens is 1. The first-order valence-electron chi connectivity index (χ1n) is 9.23. The summed E-state index contributed by atoms with van der Waals surface area (Å²) < 4.78 is 0. The van der Waals surface area contributed by atoms with Crippen LogP contribution in [-0.4, -0.2) is 4.98 Å². The van der Waals surface area contributed by atoms with Gasteiger partial charge in [-0.1, -0.05) is 67.1 Å². The van der Waals surface area contributed by atoms with Crippen LogP contribution in [0.2, 0.25) is 0 Å². The molecule has 1 aromatic heterocycles. The average molecular weight is 340 g/mol. The summed E-state index contributed by atoms with van der Waals surface area (Å²) in [5.41, 5.74) is 8.70. The van der Waals surface area contributed by atoms with E-state index in [0.717, 1.165) is 18.7 Å². The summed E-state index contributed by atoms with van der Waals surface area (Å²) in [6.45, 7) is 5.16. The minimum Gasteiger partial charge on any atom is -0.381 e.